The van der Waals surface area contributed by atoms with Crippen LogP contribution in [0.25, 0.3) is 0 Å². The van der Waals surface area contributed by atoms with Gasteiger partial charge in [-0.2, -0.15) is 5.10 Å². The van der Waals surface area contributed by atoms with Crippen LogP contribution in [0.5, 0.6) is 0 Å². The average molecular weight is 306 g/mol. The molecule has 0 aliphatic heterocycles. The van der Waals surface area contributed by atoms with Crippen LogP contribution in [0.1, 0.15) is 30.3 Å². The van der Waals surface area contributed by atoms with Crippen LogP contribution in [0.15, 0.2) is 29.9 Å². The number of aryl methyl sites for hydroxylation is 1. The largest absolute Gasteiger partial charge is 0.338 e. The van der Waals surface area contributed by atoms with Crippen molar-refractivity contribution in [1.29, 1.82) is 0 Å². The summed E-state index contributed by atoms with van der Waals surface area (Å²) in [6.45, 7) is 4.83. The van der Waals surface area contributed by atoms with E-state index < -0.39 is 0 Å². The highest BCUT2D eigenvalue weighted by molar-refractivity contribution is 7.10. The molecule has 0 radical (unpaired) electrons. The number of nitrogens with one attached hydrogen (secondary N) is 2. The van der Waals surface area contributed by atoms with Crippen molar-refractivity contribution >= 4 is 17.4 Å². The first-order valence-electron chi connectivity index (χ1n) is 7.11. The molecular formula is C15H22N4OS. The minimum absolute atomic E-state index is 0.0587. The average Bonchev–Trinajstić information content (AvgIpc) is 3.07. The number of aromatic nitrogens is 2. The second kappa shape index (κ2) is 7.26. The Labute approximate surface area is 129 Å². The summed E-state index contributed by atoms with van der Waals surface area (Å²) in [4.78, 5) is 13.2. The molecule has 0 unspecified atom stereocenters. The Morgan fingerprint density at radius 2 is 2.29 bits per heavy atom. The summed E-state index contributed by atoms with van der Waals surface area (Å²) in [5, 5.41) is 12.1. The summed E-state index contributed by atoms with van der Waals surface area (Å²) in [5.41, 5.74) is 1.12. The van der Waals surface area contributed by atoms with E-state index in [2.05, 4.69) is 35.6 Å². The smallest absolute Gasteiger partial charge is 0.315 e. The number of urea groups is 1. The van der Waals surface area contributed by atoms with E-state index in [0.717, 1.165) is 12.0 Å². The topological polar surface area (TPSA) is 59.0 Å². The van der Waals surface area contributed by atoms with Gasteiger partial charge in [0.15, 0.2) is 0 Å². The number of amides is 2. The fraction of sp³-hybridized carbons (Fsp3) is 0.467. The number of carbonyl (C=O) groups is 1. The predicted octanol–water partition coefficient (Wildman–Crippen LogP) is 2.72. The van der Waals surface area contributed by atoms with Crippen LogP contribution in [0, 0.1) is 5.92 Å². The molecule has 0 aliphatic carbocycles. The van der Waals surface area contributed by atoms with E-state index in [0.29, 0.717) is 12.5 Å². The van der Waals surface area contributed by atoms with Gasteiger partial charge in [-0.25, -0.2) is 4.79 Å². The van der Waals surface area contributed by atoms with E-state index in [1.807, 2.05) is 30.9 Å². The third kappa shape index (κ3) is 4.60. The molecule has 0 saturated heterocycles. The van der Waals surface area contributed by atoms with E-state index >= 15 is 0 Å². The van der Waals surface area contributed by atoms with Crippen molar-refractivity contribution in [1.82, 2.24) is 20.4 Å². The Hall–Kier alpha value is -1.82. The Morgan fingerprint density at radius 1 is 1.48 bits per heavy atom. The molecule has 6 heteroatoms. The zero-order chi connectivity index (χ0) is 15.2. The Bertz CT molecular complexity index is 562. The van der Waals surface area contributed by atoms with Gasteiger partial charge in [0, 0.05) is 24.7 Å². The fourth-order valence-electron chi connectivity index (χ4n) is 2.15. The van der Waals surface area contributed by atoms with Crippen molar-refractivity contribution in [2.75, 3.05) is 6.54 Å². The van der Waals surface area contributed by atoms with E-state index in [4.69, 9.17) is 0 Å². The number of hydrogen-bond donors (Lipinski definition) is 2. The maximum absolute atomic E-state index is 12.0. The van der Waals surface area contributed by atoms with Gasteiger partial charge in [-0.15, -0.1) is 11.3 Å². The van der Waals surface area contributed by atoms with Gasteiger partial charge >= 0.3 is 6.03 Å². The molecule has 5 nitrogen and oxygen atoms in total. The molecule has 21 heavy (non-hydrogen) atoms. The van der Waals surface area contributed by atoms with Crippen LogP contribution >= 0.6 is 11.3 Å². The van der Waals surface area contributed by atoms with Gasteiger partial charge in [-0.05, 0) is 29.3 Å². The maximum atomic E-state index is 12.0. The summed E-state index contributed by atoms with van der Waals surface area (Å²) in [6.07, 6.45) is 4.57. The number of nitrogens with zero attached hydrogens (tertiary/aromatic N) is 2. The third-order valence-corrected chi connectivity index (χ3v) is 4.22. The summed E-state index contributed by atoms with van der Waals surface area (Å²) in [6, 6.07) is 4.01. The lowest BCUT2D eigenvalue weighted by Crippen LogP contribution is -2.40. The number of hydrogen-bond acceptors (Lipinski definition) is 3. The van der Waals surface area contributed by atoms with Gasteiger partial charge < -0.3 is 10.6 Å². The lowest BCUT2D eigenvalue weighted by Gasteiger charge is -2.21. The molecule has 0 spiro atoms. The molecule has 2 N–H and O–H groups in total. The van der Waals surface area contributed by atoms with E-state index in [1.165, 1.54) is 4.88 Å². The van der Waals surface area contributed by atoms with Crippen molar-refractivity contribution in [3.63, 3.8) is 0 Å². The molecular weight excluding hydrogens is 284 g/mol. The van der Waals surface area contributed by atoms with Crippen molar-refractivity contribution in [2.45, 2.75) is 26.3 Å². The standard InChI is InChI=1S/C15H22N4OS/c1-11(2)14(13-5-4-8-21-13)18-15(20)16-7-6-12-9-17-19(3)10-12/h4-5,8-11,14H,6-7H2,1-3H3,(H2,16,18,20)/t14-/m1/s1. The zero-order valence-corrected chi connectivity index (χ0v) is 13.5. The highest BCUT2D eigenvalue weighted by Crippen LogP contribution is 2.25. The Morgan fingerprint density at radius 3 is 2.86 bits per heavy atom. The van der Waals surface area contributed by atoms with Gasteiger partial charge in [-0.3, -0.25) is 4.68 Å². The minimum atomic E-state index is -0.119. The molecule has 2 heterocycles. The molecule has 2 aromatic rings. The number of rotatable bonds is 6. The van der Waals surface area contributed by atoms with Crippen molar-refractivity contribution < 1.29 is 4.79 Å². The number of carbonyl (C=O) groups excluding carboxylic acids is 1. The molecule has 0 saturated carbocycles. The van der Waals surface area contributed by atoms with Crippen molar-refractivity contribution in [3.05, 3.63) is 40.3 Å². The van der Waals surface area contributed by atoms with E-state index in [-0.39, 0.29) is 12.1 Å². The monoisotopic (exact) mass is 306 g/mol. The zero-order valence-electron chi connectivity index (χ0n) is 12.7. The minimum Gasteiger partial charge on any atom is -0.338 e. The second-order valence-corrected chi connectivity index (χ2v) is 6.39. The molecule has 0 aliphatic rings. The van der Waals surface area contributed by atoms with E-state index in [9.17, 15) is 4.79 Å². The first-order chi connectivity index (χ1) is 10.1. The van der Waals surface area contributed by atoms with Gasteiger partial charge in [0.05, 0.1) is 12.2 Å². The quantitative estimate of drug-likeness (QED) is 0.862. The summed E-state index contributed by atoms with van der Waals surface area (Å²) in [7, 11) is 1.89. The van der Waals surface area contributed by atoms with Crippen LogP contribution in [-0.2, 0) is 13.5 Å². The molecule has 0 bridgehead atoms. The van der Waals surface area contributed by atoms with Crippen LogP contribution in [0.4, 0.5) is 4.79 Å². The third-order valence-electron chi connectivity index (χ3n) is 3.26. The van der Waals surface area contributed by atoms with Crippen LogP contribution < -0.4 is 10.6 Å². The normalized spacial score (nSPS) is 12.4. The molecule has 114 valence electrons. The maximum Gasteiger partial charge on any atom is 0.315 e. The molecule has 2 aromatic heterocycles. The van der Waals surface area contributed by atoms with Crippen LogP contribution in [0.2, 0.25) is 0 Å². The lowest BCUT2D eigenvalue weighted by molar-refractivity contribution is 0.233. The number of thiophene rings is 1. The van der Waals surface area contributed by atoms with Gasteiger partial charge in [-0.1, -0.05) is 19.9 Å². The van der Waals surface area contributed by atoms with Gasteiger partial charge in [0.1, 0.15) is 0 Å². The summed E-state index contributed by atoms with van der Waals surface area (Å²) >= 11 is 1.67. The van der Waals surface area contributed by atoms with Crippen LogP contribution in [-0.4, -0.2) is 22.4 Å². The predicted molar refractivity (Wildman–Crippen MR) is 85.3 cm³/mol. The molecule has 0 aromatic carbocycles. The Balaban J connectivity index is 1.80. The van der Waals surface area contributed by atoms with Crippen molar-refractivity contribution in [3.8, 4) is 0 Å². The molecule has 1 atom stereocenters. The van der Waals surface area contributed by atoms with Gasteiger partial charge in [0.25, 0.3) is 0 Å². The highest BCUT2D eigenvalue weighted by atomic mass is 32.1. The van der Waals surface area contributed by atoms with E-state index in [1.54, 1.807) is 16.0 Å². The molecule has 0 fully saturated rings. The second-order valence-electron chi connectivity index (χ2n) is 5.41. The molecule has 2 amide bonds. The SMILES string of the molecule is CC(C)[C@@H](NC(=O)NCCc1cnn(C)c1)c1cccs1. The fourth-order valence-corrected chi connectivity index (χ4v) is 3.10. The lowest BCUT2D eigenvalue weighted by atomic mass is 10.0. The Kier molecular flexibility index (Phi) is 5.38. The van der Waals surface area contributed by atoms with Gasteiger partial charge in [0.2, 0.25) is 0 Å². The van der Waals surface area contributed by atoms with Crippen molar-refractivity contribution in [2.24, 2.45) is 13.0 Å². The summed E-state index contributed by atoms with van der Waals surface area (Å²) in [5.74, 6) is 0.354. The first kappa shape index (κ1) is 15.6. The summed E-state index contributed by atoms with van der Waals surface area (Å²) < 4.78 is 1.76. The molecule has 2 rings (SSSR count). The van der Waals surface area contributed by atoms with Crippen LogP contribution in [0.3, 0.4) is 0 Å². The first-order valence-corrected chi connectivity index (χ1v) is 7.99. The highest BCUT2D eigenvalue weighted by Gasteiger charge is 2.18.